The number of nitrogens with zero attached hydrogens (tertiary/aromatic N) is 4. The summed E-state index contributed by atoms with van der Waals surface area (Å²) in [6.07, 6.45) is 4.45. The molecule has 162 valence electrons. The molecule has 2 heterocycles. The highest BCUT2D eigenvalue weighted by atomic mass is 32.2. The van der Waals surface area contributed by atoms with Gasteiger partial charge in [-0.1, -0.05) is 37.3 Å². The molecule has 0 spiro atoms. The van der Waals surface area contributed by atoms with E-state index in [0.717, 1.165) is 5.56 Å². The molecule has 1 saturated heterocycles. The van der Waals surface area contributed by atoms with Gasteiger partial charge >= 0.3 is 0 Å². The number of sulfonamides is 1. The van der Waals surface area contributed by atoms with Crippen molar-refractivity contribution in [2.75, 3.05) is 43.4 Å². The molecule has 1 amide bonds. The van der Waals surface area contributed by atoms with Crippen molar-refractivity contribution in [1.82, 2.24) is 19.6 Å². The van der Waals surface area contributed by atoms with Gasteiger partial charge in [-0.05, 0) is 24.5 Å². The molecule has 1 atom stereocenters. The van der Waals surface area contributed by atoms with E-state index in [1.54, 1.807) is 18.5 Å². The molecule has 1 unspecified atom stereocenters. The highest BCUT2D eigenvalue weighted by Crippen LogP contribution is 2.19. The molecule has 1 aromatic carbocycles. The molecule has 30 heavy (non-hydrogen) atoms. The summed E-state index contributed by atoms with van der Waals surface area (Å²) in [5, 5.41) is 2.89. The third kappa shape index (κ3) is 5.76. The maximum Gasteiger partial charge on any atom is 0.227 e. The number of nitrogens with one attached hydrogen (secondary N) is 1. The van der Waals surface area contributed by atoms with Crippen molar-refractivity contribution in [3.63, 3.8) is 0 Å². The lowest BCUT2D eigenvalue weighted by Crippen LogP contribution is -2.50. The van der Waals surface area contributed by atoms with E-state index in [4.69, 9.17) is 0 Å². The maximum absolute atomic E-state index is 12.6. The largest absolute Gasteiger partial charge is 0.356 e. The lowest BCUT2D eigenvalue weighted by Gasteiger charge is -2.33. The third-order valence-electron chi connectivity index (χ3n) is 5.27. The first-order chi connectivity index (χ1) is 14.5. The predicted octanol–water partition coefficient (Wildman–Crippen LogP) is 1.63. The normalized spacial score (nSPS) is 16.2. The Morgan fingerprint density at radius 2 is 1.73 bits per heavy atom. The van der Waals surface area contributed by atoms with Crippen LogP contribution in [0.3, 0.4) is 0 Å². The van der Waals surface area contributed by atoms with Crippen molar-refractivity contribution in [2.24, 2.45) is 0 Å². The van der Waals surface area contributed by atoms with Crippen LogP contribution in [-0.2, 0) is 14.8 Å². The number of carbonyl (C=O) groups is 1. The van der Waals surface area contributed by atoms with Gasteiger partial charge in [0.2, 0.25) is 21.9 Å². The lowest BCUT2D eigenvalue weighted by atomic mass is 9.96. The number of benzene rings is 1. The summed E-state index contributed by atoms with van der Waals surface area (Å²) < 4.78 is 26.8. The molecule has 1 fully saturated rings. The minimum atomic E-state index is -3.35. The van der Waals surface area contributed by atoms with Gasteiger partial charge in [0, 0.05) is 45.1 Å². The average Bonchev–Trinajstić information content (AvgIpc) is 2.79. The number of amides is 1. The molecule has 8 nitrogen and oxygen atoms in total. The summed E-state index contributed by atoms with van der Waals surface area (Å²) in [6, 6.07) is 11.4. The highest BCUT2D eigenvalue weighted by molar-refractivity contribution is 7.89. The van der Waals surface area contributed by atoms with E-state index in [1.165, 1.54) is 4.31 Å². The van der Waals surface area contributed by atoms with Crippen LogP contribution in [-0.4, -0.2) is 67.1 Å². The average molecular weight is 432 g/mol. The number of piperazine rings is 1. The topological polar surface area (TPSA) is 95.5 Å². The number of anilines is 1. The third-order valence-corrected chi connectivity index (χ3v) is 7.23. The van der Waals surface area contributed by atoms with Crippen LogP contribution in [0.1, 0.15) is 31.2 Å². The summed E-state index contributed by atoms with van der Waals surface area (Å²) in [5.74, 6) is 0.381. The highest BCUT2D eigenvalue weighted by Gasteiger charge is 2.27. The summed E-state index contributed by atoms with van der Waals surface area (Å²) in [7, 11) is -3.35. The molecule has 1 N–H and O–H groups in total. The van der Waals surface area contributed by atoms with E-state index in [-0.39, 0.29) is 17.6 Å². The Morgan fingerprint density at radius 3 is 2.37 bits per heavy atom. The van der Waals surface area contributed by atoms with E-state index in [0.29, 0.717) is 51.5 Å². The fourth-order valence-corrected chi connectivity index (χ4v) is 5.08. The van der Waals surface area contributed by atoms with Crippen molar-refractivity contribution in [3.8, 4) is 0 Å². The van der Waals surface area contributed by atoms with E-state index in [2.05, 4.69) is 15.3 Å². The fraction of sp³-hybridized carbons (Fsp3) is 0.476. The Labute approximate surface area is 178 Å². The number of aromatic nitrogens is 2. The molecule has 9 heteroatoms. The first kappa shape index (κ1) is 22.2. The zero-order valence-electron chi connectivity index (χ0n) is 17.3. The smallest absolute Gasteiger partial charge is 0.227 e. The first-order valence-corrected chi connectivity index (χ1v) is 11.9. The van der Waals surface area contributed by atoms with Crippen molar-refractivity contribution in [2.45, 2.75) is 25.7 Å². The Balaban J connectivity index is 1.42. The maximum atomic E-state index is 12.6. The van der Waals surface area contributed by atoms with Gasteiger partial charge in [0.1, 0.15) is 0 Å². The Kier molecular flexibility index (Phi) is 7.75. The van der Waals surface area contributed by atoms with Crippen molar-refractivity contribution in [1.29, 1.82) is 0 Å². The summed E-state index contributed by atoms with van der Waals surface area (Å²) in [4.78, 5) is 22.9. The predicted molar refractivity (Wildman–Crippen MR) is 117 cm³/mol. The van der Waals surface area contributed by atoms with Crippen LogP contribution in [0.15, 0.2) is 48.8 Å². The summed E-state index contributed by atoms with van der Waals surface area (Å²) in [5.41, 5.74) is 0.977. The van der Waals surface area contributed by atoms with Crippen LogP contribution >= 0.6 is 0 Å². The summed E-state index contributed by atoms with van der Waals surface area (Å²) >= 11 is 0. The molecule has 1 aliphatic rings. The Hall–Kier alpha value is -2.52. The van der Waals surface area contributed by atoms with Gasteiger partial charge in [0.25, 0.3) is 0 Å². The van der Waals surface area contributed by atoms with Crippen LogP contribution in [0.4, 0.5) is 5.95 Å². The van der Waals surface area contributed by atoms with Crippen molar-refractivity contribution in [3.05, 3.63) is 54.4 Å². The minimum absolute atomic E-state index is 0.0250. The van der Waals surface area contributed by atoms with Gasteiger partial charge in [0.15, 0.2) is 0 Å². The minimum Gasteiger partial charge on any atom is -0.356 e. The van der Waals surface area contributed by atoms with Crippen LogP contribution < -0.4 is 10.2 Å². The van der Waals surface area contributed by atoms with Gasteiger partial charge in [-0.2, -0.15) is 4.31 Å². The van der Waals surface area contributed by atoms with Gasteiger partial charge in [-0.15, -0.1) is 0 Å². The van der Waals surface area contributed by atoms with E-state index in [9.17, 15) is 13.2 Å². The molecular formula is C21H29N5O3S. The second-order valence-electron chi connectivity index (χ2n) is 7.27. The SMILES string of the molecule is CCC(C(=O)NCCCS(=O)(=O)N1CCN(c2ncccn2)CC1)c1ccccc1. The molecule has 0 aliphatic carbocycles. The van der Waals surface area contributed by atoms with Crippen LogP contribution in [0.2, 0.25) is 0 Å². The van der Waals surface area contributed by atoms with Gasteiger partial charge in [-0.25, -0.2) is 18.4 Å². The molecular weight excluding hydrogens is 402 g/mol. The van der Waals surface area contributed by atoms with Gasteiger partial charge in [0.05, 0.1) is 11.7 Å². The number of hydrogen-bond donors (Lipinski definition) is 1. The van der Waals surface area contributed by atoms with E-state index in [1.807, 2.05) is 42.2 Å². The quantitative estimate of drug-likeness (QED) is 0.607. The molecule has 1 aliphatic heterocycles. The van der Waals surface area contributed by atoms with Gasteiger partial charge < -0.3 is 10.2 Å². The molecule has 0 saturated carbocycles. The molecule has 0 bridgehead atoms. The zero-order valence-corrected chi connectivity index (χ0v) is 18.1. The Bertz CT molecular complexity index is 901. The van der Waals surface area contributed by atoms with Gasteiger partial charge in [-0.3, -0.25) is 4.79 Å². The second-order valence-corrected chi connectivity index (χ2v) is 9.36. The molecule has 0 radical (unpaired) electrons. The molecule has 2 aromatic rings. The molecule has 3 rings (SSSR count). The lowest BCUT2D eigenvalue weighted by molar-refractivity contribution is -0.122. The Morgan fingerprint density at radius 1 is 1.07 bits per heavy atom. The fourth-order valence-electron chi connectivity index (χ4n) is 3.60. The molecule has 1 aromatic heterocycles. The zero-order chi connectivity index (χ0) is 21.4. The number of rotatable bonds is 9. The standard InChI is InChI=1S/C21H29N5O3S/c1-2-19(18-8-4-3-5-9-18)20(27)22-12-7-17-30(28,29)26-15-13-25(14-16-26)21-23-10-6-11-24-21/h3-6,8-11,19H,2,7,12-17H2,1H3,(H,22,27). The van der Waals surface area contributed by atoms with Crippen molar-refractivity contribution >= 4 is 21.9 Å². The number of hydrogen-bond acceptors (Lipinski definition) is 6. The van der Waals surface area contributed by atoms with Crippen LogP contribution in [0, 0.1) is 0 Å². The van der Waals surface area contributed by atoms with Crippen LogP contribution in [0.25, 0.3) is 0 Å². The van der Waals surface area contributed by atoms with Crippen LogP contribution in [0.5, 0.6) is 0 Å². The van der Waals surface area contributed by atoms with E-state index >= 15 is 0 Å². The van der Waals surface area contributed by atoms with E-state index < -0.39 is 10.0 Å². The summed E-state index contributed by atoms with van der Waals surface area (Å²) in [6.45, 7) is 4.28. The monoisotopic (exact) mass is 431 g/mol. The van der Waals surface area contributed by atoms with Crippen molar-refractivity contribution < 1.29 is 13.2 Å². The second kappa shape index (κ2) is 10.5. The first-order valence-electron chi connectivity index (χ1n) is 10.3. The number of carbonyl (C=O) groups excluding carboxylic acids is 1.